The van der Waals surface area contributed by atoms with Crippen LogP contribution in [0.1, 0.15) is 38.5 Å². The van der Waals surface area contributed by atoms with Crippen LogP contribution in [0.2, 0.25) is 0 Å². The smallest absolute Gasteiger partial charge is 0.304 e. The van der Waals surface area contributed by atoms with Gasteiger partial charge in [-0.25, -0.2) is 13.9 Å². The van der Waals surface area contributed by atoms with Crippen molar-refractivity contribution in [3.05, 3.63) is 24.3 Å². The Kier molecular flexibility index (Phi) is 7.78. The van der Waals surface area contributed by atoms with Gasteiger partial charge in [0.2, 0.25) is 10.0 Å². The summed E-state index contributed by atoms with van der Waals surface area (Å²) in [4.78, 5) is 23.5. The Labute approximate surface area is 164 Å². The fourth-order valence-electron chi connectivity index (χ4n) is 3.59. The first-order valence-electron chi connectivity index (χ1n) is 9.13. The number of amides is 1. The minimum Gasteiger partial charge on any atom is -0.497 e. The number of carboxylic acid groups (broad SMARTS) is 1. The molecule has 0 radical (unpaired) electrons. The van der Waals surface area contributed by atoms with E-state index in [0.29, 0.717) is 18.6 Å². The van der Waals surface area contributed by atoms with Crippen LogP contribution in [0.5, 0.6) is 5.75 Å². The van der Waals surface area contributed by atoms with Crippen molar-refractivity contribution in [1.82, 2.24) is 9.79 Å². The van der Waals surface area contributed by atoms with E-state index in [-0.39, 0.29) is 17.4 Å². The number of ether oxygens (including phenoxy) is 1. The molecule has 9 nitrogen and oxygen atoms in total. The lowest BCUT2D eigenvalue weighted by Gasteiger charge is -2.36. The van der Waals surface area contributed by atoms with Gasteiger partial charge in [-0.05, 0) is 43.0 Å². The zero-order valence-electron chi connectivity index (χ0n) is 15.7. The van der Waals surface area contributed by atoms with E-state index in [2.05, 4.69) is 0 Å². The highest BCUT2D eigenvalue weighted by molar-refractivity contribution is 7.89. The fourth-order valence-corrected chi connectivity index (χ4v) is 5.24. The molecule has 28 heavy (non-hydrogen) atoms. The van der Waals surface area contributed by atoms with Crippen LogP contribution >= 0.6 is 0 Å². The van der Waals surface area contributed by atoms with Crippen LogP contribution in [0.3, 0.4) is 0 Å². The molecule has 0 bridgehead atoms. The number of sulfonamides is 1. The highest BCUT2D eigenvalue weighted by Gasteiger charge is 2.41. The lowest BCUT2D eigenvalue weighted by Crippen LogP contribution is -2.53. The molecule has 1 fully saturated rings. The zero-order chi connectivity index (χ0) is 20.7. The summed E-state index contributed by atoms with van der Waals surface area (Å²) >= 11 is 0. The third-order valence-corrected chi connectivity index (χ3v) is 6.89. The number of nitrogens with zero attached hydrogens (tertiary/aromatic N) is 1. The minimum atomic E-state index is -4.18. The van der Waals surface area contributed by atoms with Crippen LogP contribution in [-0.2, 0) is 19.6 Å². The van der Waals surface area contributed by atoms with E-state index in [9.17, 15) is 23.2 Å². The quantitative estimate of drug-likeness (QED) is 0.413. The normalized spacial score (nSPS) is 16.5. The second-order valence-electron chi connectivity index (χ2n) is 6.75. The maximum absolute atomic E-state index is 13.3. The highest BCUT2D eigenvalue weighted by Crippen LogP contribution is 2.32. The van der Waals surface area contributed by atoms with Gasteiger partial charge in [0, 0.05) is 6.54 Å². The van der Waals surface area contributed by atoms with Gasteiger partial charge in [0.15, 0.2) is 0 Å². The molecule has 0 aliphatic heterocycles. The molecule has 0 aromatic heterocycles. The molecule has 1 aromatic rings. The van der Waals surface area contributed by atoms with E-state index >= 15 is 0 Å². The van der Waals surface area contributed by atoms with Crippen molar-refractivity contribution in [2.75, 3.05) is 13.7 Å². The van der Waals surface area contributed by atoms with Crippen LogP contribution in [-0.4, -0.2) is 54.6 Å². The summed E-state index contributed by atoms with van der Waals surface area (Å²) in [6.45, 7) is -0.377. The number of carboxylic acids is 1. The Bertz CT molecular complexity index is 774. The topological polar surface area (TPSA) is 133 Å². The van der Waals surface area contributed by atoms with Gasteiger partial charge in [0.05, 0.1) is 18.4 Å². The highest BCUT2D eigenvalue weighted by atomic mass is 32.2. The first kappa shape index (κ1) is 22.1. The van der Waals surface area contributed by atoms with E-state index in [4.69, 9.17) is 9.84 Å². The van der Waals surface area contributed by atoms with Gasteiger partial charge in [0.25, 0.3) is 5.91 Å². The number of carbonyl (C=O) groups is 2. The van der Waals surface area contributed by atoms with E-state index < -0.39 is 34.4 Å². The Morgan fingerprint density at radius 3 is 2.32 bits per heavy atom. The average molecular weight is 414 g/mol. The van der Waals surface area contributed by atoms with Crippen LogP contribution in [0.4, 0.5) is 0 Å². The monoisotopic (exact) mass is 414 g/mol. The van der Waals surface area contributed by atoms with Gasteiger partial charge in [-0.15, -0.1) is 0 Å². The molecule has 2 rings (SSSR count). The SMILES string of the molecule is COc1ccc(S(=O)(=O)N(CCC(=O)O)C(C(=O)NO)C2CCCCC2)cc1. The molecule has 0 spiro atoms. The number of nitrogens with one attached hydrogen (secondary N) is 1. The first-order chi connectivity index (χ1) is 13.3. The fraction of sp³-hybridized carbons (Fsp3) is 0.556. The van der Waals surface area contributed by atoms with Crippen molar-refractivity contribution >= 4 is 21.9 Å². The number of aliphatic carboxylic acids is 1. The van der Waals surface area contributed by atoms with E-state index in [1.807, 2.05) is 0 Å². The summed E-state index contributed by atoms with van der Waals surface area (Å²) < 4.78 is 32.5. The van der Waals surface area contributed by atoms with E-state index in [0.717, 1.165) is 23.6 Å². The van der Waals surface area contributed by atoms with Gasteiger partial charge >= 0.3 is 5.97 Å². The van der Waals surface area contributed by atoms with Crippen LogP contribution < -0.4 is 10.2 Å². The molecule has 0 saturated heterocycles. The lowest BCUT2D eigenvalue weighted by atomic mass is 9.83. The minimum absolute atomic E-state index is 0.0785. The standard InChI is InChI=1S/C18H26N2O7S/c1-27-14-7-9-15(10-8-14)28(25,26)20(12-11-16(21)22)17(18(23)19-24)13-5-3-2-4-6-13/h7-10,13,17,24H,2-6,11-12H2,1H3,(H,19,23)(H,21,22). The molecule has 156 valence electrons. The first-order valence-corrected chi connectivity index (χ1v) is 10.6. The van der Waals surface area contributed by atoms with Crippen molar-refractivity contribution < 1.29 is 33.1 Å². The molecular weight excluding hydrogens is 388 g/mol. The number of hydrogen-bond acceptors (Lipinski definition) is 6. The van der Waals surface area contributed by atoms with Gasteiger partial charge < -0.3 is 9.84 Å². The number of carbonyl (C=O) groups excluding carboxylic acids is 1. The van der Waals surface area contributed by atoms with Gasteiger partial charge in [-0.3, -0.25) is 14.8 Å². The molecule has 1 aromatic carbocycles. The molecule has 1 aliphatic rings. The number of methoxy groups -OCH3 is 1. The summed E-state index contributed by atoms with van der Waals surface area (Å²) in [5.41, 5.74) is 1.56. The third-order valence-electron chi connectivity index (χ3n) is 5.00. The van der Waals surface area contributed by atoms with Crippen LogP contribution in [0, 0.1) is 5.92 Å². The van der Waals surface area contributed by atoms with Crippen LogP contribution in [0.15, 0.2) is 29.2 Å². The van der Waals surface area contributed by atoms with E-state index in [1.54, 1.807) is 5.48 Å². The van der Waals surface area contributed by atoms with Gasteiger partial charge in [0.1, 0.15) is 11.8 Å². The summed E-state index contributed by atoms with van der Waals surface area (Å²) in [5, 5.41) is 18.3. The number of hydrogen-bond donors (Lipinski definition) is 3. The molecule has 3 N–H and O–H groups in total. The molecule has 1 unspecified atom stereocenters. The summed E-state index contributed by atoms with van der Waals surface area (Å²) in [6, 6.07) is 4.46. The second kappa shape index (κ2) is 9.85. The molecule has 1 saturated carbocycles. The molecule has 1 atom stereocenters. The molecular formula is C18H26N2O7S. The summed E-state index contributed by atoms with van der Waals surface area (Å²) in [6.07, 6.45) is 3.46. The van der Waals surface area contributed by atoms with Crippen molar-refractivity contribution in [2.24, 2.45) is 5.92 Å². The second-order valence-corrected chi connectivity index (χ2v) is 8.64. The number of rotatable bonds is 9. The predicted octanol–water partition coefficient (Wildman–Crippen LogP) is 1.61. The predicted molar refractivity (Wildman–Crippen MR) is 99.4 cm³/mol. The maximum atomic E-state index is 13.3. The van der Waals surface area contributed by atoms with Crippen molar-refractivity contribution in [3.8, 4) is 5.75 Å². The van der Waals surface area contributed by atoms with Crippen LogP contribution in [0.25, 0.3) is 0 Å². The van der Waals surface area contributed by atoms with E-state index in [1.165, 1.54) is 31.4 Å². The average Bonchev–Trinajstić information content (AvgIpc) is 2.70. The Morgan fingerprint density at radius 2 is 1.82 bits per heavy atom. The van der Waals surface area contributed by atoms with Crippen molar-refractivity contribution in [1.29, 1.82) is 0 Å². The van der Waals surface area contributed by atoms with Gasteiger partial charge in [-0.1, -0.05) is 19.3 Å². The summed E-state index contributed by atoms with van der Waals surface area (Å²) in [5.74, 6) is -1.87. The molecule has 1 amide bonds. The number of benzene rings is 1. The molecule has 10 heteroatoms. The van der Waals surface area contributed by atoms with Crippen molar-refractivity contribution in [2.45, 2.75) is 49.5 Å². The molecule has 1 aliphatic carbocycles. The van der Waals surface area contributed by atoms with Gasteiger partial charge in [-0.2, -0.15) is 4.31 Å². The maximum Gasteiger partial charge on any atom is 0.304 e. The summed E-state index contributed by atoms with van der Waals surface area (Å²) in [7, 11) is -2.73. The Hall–Kier alpha value is -2.17. The zero-order valence-corrected chi connectivity index (χ0v) is 16.5. The molecule has 0 heterocycles. The third kappa shape index (κ3) is 5.21. The number of hydroxylamine groups is 1. The van der Waals surface area contributed by atoms with Crippen molar-refractivity contribution in [3.63, 3.8) is 0 Å². The largest absolute Gasteiger partial charge is 0.497 e. The lowest BCUT2D eigenvalue weighted by molar-refractivity contribution is -0.139. The Balaban J connectivity index is 2.46. The Morgan fingerprint density at radius 1 is 1.21 bits per heavy atom.